The predicted octanol–water partition coefficient (Wildman–Crippen LogP) is 6.43. The van der Waals surface area contributed by atoms with Gasteiger partial charge in [-0.2, -0.15) is 10.4 Å². The molecule has 3 heterocycles. The molecule has 1 saturated heterocycles. The highest BCUT2D eigenvalue weighted by molar-refractivity contribution is 5.72. The molecule has 0 atom stereocenters. The van der Waals surface area contributed by atoms with Crippen LogP contribution in [0.3, 0.4) is 0 Å². The molecule has 2 fully saturated rings. The number of ether oxygens (including phenoxy) is 2. The Labute approximate surface area is 225 Å². The third kappa shape index (κ3) is 5.75. The lowest BCUT2D eigenvalue weighted by Gasteiger charge is -2.58. The number of nitriles is 1. The molecule has 1 amide bonds. The maximum Gasteiger partial charge on any atom is 0.410 e. The van der Waals surface area contributed by atoms with Gasteiger partial charge in [0.2, 0.25) is 5.88 Å². The van der Waals surface area contributed by atoms with E-state index < -0.39 is 5.60 Å². The molecule has 2 N–H and O–H groups in total. The van der Waals surface area contributed by atoms with Crippen molar-refractivity contribution in [2.75, 3.05) is 18.8 Å². The fraction of sp³-hybridized carbons (Fsp3) is 0.448. The Hall–Kier alpha value is -4.06. The summed E-state index contributed by atoms with van der Waals surface area (Å²) >= 11 is 0. The molecular weight excluding hydrogens is 480 g/mol. The highest BCUT2D eigenvalue weighted by Crippen LogP contribution is 2.55. The number of nitrogens with zero attached hydrogens (tertiary/aromatic N) is 5. The summed E-state index contributed by atoms with van der Waals surface area (Å²) in [5.74, 6) is 1.50. The first-order valence-corrected chi connectivity index (χ1v) is 12.6. The Balaban J connectivity index is 0.00000130. The van der Waals surface area contributed by atoms with Crippen LogP contribution in [0.25, 0.3) is 11.3 Å². The first kappa shape index (κ1) is 28.5. The van der Waals surface area contributed by atoms with Gasteiger partial charge in [0.05, 0.1) is 6.04 Å². The second-order valence-electron chi connectivity index (χ2n) is 10.4. The maximum absolute atomic E-state index is 12.3. The van der Waals surface area contributed by atoms with E-state index in [4.69, 9.17) is 20.3 Å². The van der Waals surface area contributed by atoms with Gasteiger partial charge in [-0.3, -0.25) is 0 Å². The number of para-hydroxylation sites is 1. The van der Waals surface area contributed by atoms with Gasteiger partial charge in [0.1, 0.15) is 34.5 Å². The summed E-state index contributed by atoms with van der Waals surface area (Å²) in [5.41, 5.74) is 7.45. The number of aromatic nitrogens is 3. The zero-order chi connectivity index (χ0) is 26.8. The maximum atomic E-state index is 12.3. The Morgan fingerprint density at radius 1 is 1.13 bits per heavy atom. The monoisotopic (exact) mass is 518 g/mol. The Bertz CT molecular complexity index is 1270. The molecule has 0 unspecified atom stereocenters. The average Bonchev–Trinajstić information content (AvgIpc) is 3.14. The first-order valence-electron chi connectivity index (χ1n) is 12.6. The zero-order valence-corrected chi connectivity index (χ0v) is 22.1. The summed E-state index contributed by atoms with van der Waals surface area (Å²) in [4.78, 5) is 18.4. The van der Waals surface area contributed by atoms with Crippen molar-refractivity contribution < 1.29 is 14.3 Å². The summed E-state index contributed by atoms with van der Waals surface area (Å²) in [6.45, 7) is 10.9. The van der Waals surface area contributed by atoms with Gasteiger partial charge < -0.3 is 20.1 Å². The van der Waals surface area contributed by atoms with Gasteiger partial charge in [0.25, 0.3) is 0 Å². The van der Waals surface area contributed by atoms with E-state index >= 15 is 0 Å². The molecule has 0 radical (unpaired) electrons. The van der Waals surface area contributed by atoms with Crippen LogP contribution in [0, 0.1) is 16.7 Å². The summed E-state index contributed by atoms with van der Waals surface area (Å²) in [6, 6.07) is 15.3. The van der Waals surface area contributed by atoms with Crippen molar-refractivity contribution in [1.82, 2.24) is 19.7 Å². The van der Waals surface area contributed by atoms with E-state index in [-0.39, 0.29) is 25.0 Å². The second-order valence-corrected chi connectivity index (χ2v) is 10.4. The minimum atomic E-state index is -0.504. The van der Waals surface area contributed by atoms with E-state index in [0.717, 1.165) is 12.8 Å². The van der Waals surface area contributed by atoms with E-state index in [1.54, 1.807) is 21.8 Å². The summed E-state index contributed by atoms with van der Waals surface area (Å²) < 4.78 is 13.0. The standard InChI is InChI=1S/C26H28N6O3.C2H6.CH4/c1-25(2,3)35-24(33)31-15-26(16-31)11-18(12-26)32-23(28)20(13-27)22(30-32)17-9-10-21(29-14-17)34-19-7-5-4-6-8-19;1-2;/h4-10,14,18H,11-12,15-16,28H2,1-3H3;1-2H3;1H4. The van der Waals surface area contributed by atoms with Gasteiger partial charge in [-0.05, 0) is 51.8 Å². The molecule has 9 heteroatoms. The molecule has 5 rings (SSSR count). The SMILES string of the molecule is C.CC.CC(C)(C)OC(=O)N1CC2(CC(n3nc(-c4ccc(Oc5ccccc5)nc4)c(C#N)c3N)C2)C1. The molecule has 1 saturated carbocycles. The molecule has 9 nitrogen and oxygen atoms in total. The Morgan fingerprint density at radius 3 is 2.34 bits per heavy atom. The van der Waals surface area contributed by atoms with Gasteiger partial charge in [0.15, 0.2) is 0 Å². The number of carbonyl (C=O) groups excluding carboxylic acids is 1. The van der Waals surface area contributed by atoms with Crippen molar-refractivity contribution in [3.8, 4) is 29.0 Å². The molecule has 1 aliphatic heterocycles. The van der Waals surface area contributed by atoms with Crippen molar-refractivity contribution in [2.45, 2.75) is 66.5 Å². The van der Waals surface area contributed by atoms with Crippen molar-refractivity contribution >= 4 is 11.9 Å². The minimum Gasteiger partial charge on any atom is -0.444 e. The molecule has 2 aliphatic rings. The van der Waals surface area contributed by atoms with E-state index in [2.05, 4.69) is 11.1 Å². The highest BCUT2D eigenvalue weighted by Gasteiger charge is 2.55. The van der Waals surface area contributed by atoms with Crippen LogP contribution < -0.4 is 10.5 Å². The minimum absolute atomic E-state index is 0. The molecule has 3 aromatic rings. The molecule has 38 heavy (non-hydrogen) atoms. The molecule has 0 bridgehead atoms. The van der Waals surface area contributed by atoms with Crippen LogP contribution in [0.1, 0.15) is 66.5 Å². The Morgan fingerprint density at radius 2 is 1.79 bits per heavy atom. The van der Waals surface area contributed by atoms with Crippen molar-refractivity contribution in [3.05, 3.63) is 54.2 Å². The van der Waals surface area contributed by atoms with E-state index in [0.29, 0.717) is 47.4 Å². The summed E-state index contributed by atoms with van der Waals surface area (Å²) in [6.07, 6.45) is 3.07. The number of hydrogen-bond acceptors (Lipinski definition) is 7. The smallest absolute Gasteiger partial charge is 0.410 e. The van der Waals surface area contributed by atoms with E-state index in [1.165, 1.54) is 0 Å². The first-order chi connectivity index (χ1) is 17.7. The quantitative estimate of drug-likeness (QED) is 0.423. The van der Waals surface area contributed by atoms with Crippen molar-refractivity contribution in [2.24, 2.45) is 5.41 Å². The molecule has 2 aromatic heterocycles. The van der Waals surface area contributed by atoms with E-state index in [1.807, 2.05) is 71.0 Å². The van der Waals surface area contributed by atoms with Gasteiger partial charge in [0, 0.05) is 36.3 Å². The zero-order valence-electron chi connectivity index (χ0n) is 22.1. The molecule has 1 aliphatic carbocycles. The van der Waals surface area contributed by atoms with Crippen LogP contribution in [0.15, 0.2) is 48.7 Å². The van der Waals surface area contributed by atoms with Crippen LogP contribution in [0.2, 0.25) is 0 Å². The number of benzene rings is 1. The third-order valence-electron chi connectivity index (χ3n) is 6.42. The number of anilines is 1. The number of rotatable bonds is 4. The number of carbonyl (C=O) groups is 1. The second kappa shape index (κ2) is 11.1. The topological polar surface area (TPSA) is 119 Å². The molecular formula is C29H38N6O3. The van der Waals surface area contributed by atoms with Crippen molar-refractivity contribution in [1.29, 1.82) is 5.26 Å². The number of nitrogens with two attached hydrogens (primary N) is 1. The predicted molar refractivity (Wildman–Crippen MR) is 148 cm³/mol. The molecule has 1 spiro atoms. The third-order valence-corrected chi connectivity index (χ3v) is 6.42. The summed E-state index contributed by atoms with van der Waals surface area (Å²) in [5, 5.41) is 14.5. The van der Waals surface area contributed by atoms with Gasteiger partial charge in [-0.25, -0.2) is 14.5 Å². The van der Waals surface area contributed by atoms with E-state index in [9.17, 15) is 10.1 Å². The normalized spacial score (nSPS) is 15.6. The number of hydrogen-bond donors (Lipinski definition) is 1. The van der Waals surface area contributed by atoms with Crippen molar-refractivity contribution in [3.63, 3.8) is 0 Å². The van der Waals surface area contributed by atoms with Crippen LogP contribution in [0.4, 0.5) is 10.6 Å². The average molecular weight is 519 g/mol. The Kier molecular flexibility index (Phi) is 8.35. The lowest BCUT2D eigenvalue weighted by molar-refractivity contribution is -0.0923. The largest absolute Gasteiger partial charge is 0.444 e. The van der Waals surface area contributed by atoms with Crippen LogP contribution >= 0.6 is 0 Å². The number of nitrogen functional groups attached to an aromatic ring is 1. The van der Waals surface area contributed by atoms with Gasteiger partial charge >= 0.3 is 6.09 Å². The van der Waals surface area contributed by atoms with Crippen LogP contribution in [-0.4, -0.2) is 44.4 Å². The summed E-state index contributed by atoms with van der Waals surface area (Å²) in [7, 11) is 0. The lowest BCUT2D eigenvalue weighted by Crippen LogP contribution is -2.64. The number of likely N-dealkylation sites (tertiary alicyclic amines) is 1. The molecule has 202 valence electrons. The fourth-order valence-corrected chi connectivity index (χ4v) is 4.82. The number of pyridine rings is 1. The van der Waals surface area contributed by atoms with Crippen LogP contribution in [0.5, 0.6) is 11.6 Å². The van der Waals surface area contributed by atoms with Gasteiger partial charge in [-0.1, -0.05) is 39.5 Å². The van der Waals surface area contributed by atoms with Crippen LogP contribution in [-0.2, 0) is 4.74 Å². The highest BCUT2D eigenvalue weighted by atomic mass is 16.6. The van der Waals surface area contributed by atoms with Gasteiger partial charge in [-0.15, -0.1) is 0 Å². The lowest BCUT2D eigenvalue weighted by atomic mass is 9.61. The fourth-order valence-electron chi connectivity index (χ4n) is 4.82. The molecule has 1 aromatic carbocycles. The number of amides is 1.